The Labute approximate surface area is 105 Å². The second-order valence-corrected chi connectivity index (χ2v) is 7.17. The fourth-order valence-electron chi connectivity index (χ4n) is 3.40. The van der Waals surface area contributed by atoms with E-state index in [1.165, 1.54) is 37.2 Å². The van der Waals surface area contributed by atoms with Gasteiger partial charge in [-0.05, 0) is 53.2 Å². The Kier molecular flexibility index (Phi) is 4.04. The molecule has 0 N–H and O–H groups in total. The maximum Gasteiger partial charge on any atom is 0.0893 e. The zero-order chi connectivity index (χ0) is 10.9. The van der Waals surface area contributed by atoms with Gasteiger partial charge in [0.1, 0.15) is 0 Å². The quantitative estimate of drug-likeness (QED) is 0.541. The minimum atomic E-state index is -0.179. The van der Waals surface area contributed by atoms with Gasteiger partial charge in [-0.15, -0.1) is 0 Å². The van der Waals surface area contributed by atoms with E-state index in [9.17, 15) is 0 Å². The van der Waals surface area contributed by atoms with Gasteiger partial charge in [-0.1, -0.05) is 19.8 Å². The molecule has 0 aromatic heterocycles. The fourth-order valence-corrected chi connectivity index (χ4v) is 5.25. The molecule has 4 atom stereocenters. The van der Waals surface area contributed by atoms with Crippen LogP contribution in [0.25, 0.3) is 0 Å². The molecule has 0 aromatic carbocycles. The molecule has 4 unspecified atom stereocenters. The molecule has 2 radical (unpaired) electrons. The lowest BCUT2D eigenvalue weighted by atomic mass is 9.59. The molecule has 3 heteroatoms. The SMILES string of the molecule is [B]C1(S)CCCC2C(CC)CSCCC21. The molecular weight excluding hydrogens is 219 g/mol. The Bertz CT molecular complexity index is 218. The molecule has 0 nitrogen and oxygen atoms in total. The summed E-state index contributed by atoms with van der Waals surface area (Å²) in [5.41, 5.74) is 0. The largest absolute Gasteiger partial charge is 0.182 e. The minimum Gasteiger partial charge on any atom is -0.182 e. The van der Waals surface area contributed by atoms with E-state index in [1.807, 2.05) is 0 Å². The molecular formula is C12H21BS2. The maximum absolute atomic E-state index is 6.37. The monoisotopic (exact) mass is 240 g/mol. The molecule has 1 heterocycles. The number of hydrogen-bond acceptors (Lipinski definition) is 2. The Morgan fingerprint density at radius 1 is 1.47 bits per heavy atom. The van der Waals surface area contributed by atoms with E-state index in [0.29, 0.717) is 5.92 Å². The average Bonchev–Trinajstić information content (AvgIpc) is 2.40. The lowest BCUT2D eigenvalue weighted by molar-refractivity contribution is 0.163. The molecule has 2 rings (SSSR count). The highest BCUT2D eigenvalue weighted by molar-refractivity contribution is 7.99. The van der Waals surface area contributed by atoms with Crippen molar-refractivity contribution in [2.75, 3.05) is 11.5 Å². The highest BCUT2D eigenvalue weighted by Crippen LogP contribution is 2.48. The smallest absolute Gasteiger partial charge is 0.0893 e. The maximum atomic E-state index is 6.37. The van der Waals surface area contributed by atoms with Gasteiger partial charge >= 0.3 is 0 Å². The number of thioether (sulfide) groups is 1. The zero-order valence-electron chi connectivity index (χ0n) is 9.61. The first kappa shape index (κ1) is 12.2. The van der Waals surface area contributed by atoms with E-state index in [-0.39, 0.29) is 4.65 Å². The Hall–Kier alpha value is 0.765. The van der Waals surface area contributed by atoms with Crippen molar-refractivity contribution in [1.29, 1.82) is 0 Å². The lowest BCUT2D eigenvalue weighted by Gasteiger charge is -2.45. The highest BCUT2D eigenvalue weighted by Gasteiger charge is 2.42. The van der Waals surface area contributed by atoms with Crippen LogP contribution in [-0.4, -0.2) is 24.0 Å². The van der Waals surface area contributed by atoms with E-state index >= 15 is 0 Å². The standard InChI is InChI=1S/C12H21BS2/c1-2-9-8-15-7-5-11-10(9)4-3-6-12(11,13)14/h9-11,14H,2-8H2,1H3. The van der Waals surface area contributed by atoms with Crippen molar-refractivity contribution in [3.63, 3.8) is 0 Å². The summed E-state index contributed by atoms with van der Waals surface area (Å²) in [6.07, 6.45) is 6.38. The summed E-state index contributed by atoms with van der Waals surface area (Å²) < 4.78 is -0.179. The summed E-state index contributed by atoms with van der Waals surface area (Å²) in [4.78, 5) is 0. The third-order valence-electron chi connectivity index (χ3n) is 4.31. The van der Waals surface area contributed by atoms with E-state index in [2.05, 4.69) is 18.7 Å². The molecule has 1 aliphatic heterocycles. The van der Waals surface area contributed by atoms with E-state index in [1.54, 1.807) is 0 Å². The summed E-state index contributed by atoms with van der Waals surface area (Å²) in [5.74, 6) is 5.03. The van der Waals surface area contributed by atoms with Gasteiger partial charge in [0.15, 0.2) is 0 Å². The van der Waals surface area contributed by atoms with Crippen LogP contribution < -0.4 is 0 Å². The van der Waals surface area contributed by atoms with Crippen molar-refractivity contribution in [2.45, 2.75) is 43.7 Å². The van der Waals surface area contributed by atoms with Crippen LogP contribution in [0.3, 0.4) is 0 Å². The number of thiol groups is 1. The van der Waals surface area contributed by atoms with Crippen molar-refractivity contribution in [1.82, 2.24) is 0 Å². The van der Waals surface area contributed by atoms with Gasteiger partial charge in [0, 0.05) is 0 Å². The molecule has 0 aromatic rings. The van der Waals surface area contributed by atoms with Gasteiger partial charge in [0.05, 0.1) is 7.85 Å². The Balaban J connectivity index is 2.16. The second kappa shape index (κ2) is 4.95. The number of rotatable bonds is 1. The molecule has 2 aliphatic rings. The zero-order valence-corrected chi connectivity index (χ0v) is 11.3. The summed E-state index contributed by atoms with van der Waals surface area (Å²) in [6, 6.07) is 0. The van der Waals surface area contributed by atoms with Crippen molar-refractivity contribution < 1.29 is 0 Å². The van der Waals surface area contributed by atoms with E-state index in [4.69, 9.17) is 20.5 Å². The first-order valence-corrected chi connectivity index (χ1v) is 7.84. The predicted octanol–water partition coefficient (Wildman–Crippen LogP) is 3.36. The topological polar surface area (TPSA) is 0 Å². The molecule has 1 saturated heterocycles. The van der Waals surface area contributed by atoms with Crippen molar-refractivity contribution in [3.05, 3.63) is 0 Å². The van der Waals surface area contributed by atoms with Crippen molar-refractivity contribution in [2.24, 2.45) is 17.8 Å². The van der Waals surface area contributed by atoms with Gasteiger partial charge < -0.3 is 0 Å². The van der Waals surface area contributed by atoms with Gasteiger partial charge in [-0.3, -0.25) is 0 Å². The first-order valence-electron chi connectivity index (χ1n) is 6.24. The molecule has 15 heavy (non-hydrogen) atoms. The van der Waals surface area contributed by atoms with Crippen LogP contribution in [0.2, 0.25) is 0 Å². The molecule has 0 bridgehead atoms. The molecule has 1 aliphatic carbocycles. The van der Waals surface area contributed by atoms with Crippen LogP contribution in [-0.2, 0) is 0 Å². The Morgan fingerprint density at radius 3 is 3.00 bits per heavy atom. The third-order valence-corrected chi connectivity index (χ3v) is 6.05. The van der Waals surface area contributed by atoms with Crippen molar-refractivity contribution in [3.8, 4) is 0 Å². The van der Waals surface area contributed by atoms with E-state index in [0.717, 1.165) is 18.3 Å². The first-order chi connectivity index (χ1) is 7.15. The second-order valence-electron chi connectivity index (χ2n) is 5.19. The number of fused-ring (bicyclic) bond motifs is 1. The molecule has 0 spiro atoms. The molecule has 1 saturated carbocycles. The lowest BCUT2D eigenvalue weighted by Crippen LogP contribution is -2.43. The molecule has 2 fully saturated rings. The summed E-state index contributed by atoms with van der Waals surface area (Å²) in [5, 5.41) is 0. The van der Waals surface area contributed by atoms with Gasteiger partial charge in [-0.2, -0.15) is 24.4 Å². The van der Waals surface area contributed by atoms with Crippen molar-refractivity contribution >= 4 is 32.2 Å². The molecule has 0 amide bonds. The number of hydrogen-bond donors (Lipinski definition) is 1. The van der Waals surface area contributed by atoms with Crippen LogP contribution >= 0.6 is 24.4 Å². The average molecular weight is 240 g/mol. The van der Waals surface area contributed by atoms with Gasteiger partial charge in [-0.25, -0.2) is 0 Å². The summed E-state index contributed by atoms with van der Waals surface area (Å²) in [6.45, 7) is 2.33. The van der Waals surface area contributed by atoms with Crippen LogP contribution in [0.15, 0.2) is 0 Å². The minimum absolute atomic E-state index is 0.179. The van der Waals surface area contributed by atoms with Gasteiger partial charge in [0.25, 0.3) is 0 Å². The third kappa shape index (κ3) is 2.54. The summed E-state index contributed by atoms with van der Waals surface area (Å²) >= 11 is 6.86. The fraction of sp³-hybridized carbons (Fsp3) is 1.00. The van der Waals surface area contributed by atoms with E-state index < -0.39 is 0 Å². The normalized spacial score (nSPS) is 46.9. The van der Waals surface area contributed by atoms with Crippen LogP contribution in [0.4, 0.5) is 0 Å². The summed E-state index contributed by atoms with van der Waals surface area (Å²) in [7, 11) is 6.37. The Morgan fingerprint density at radius 2 is 2.27 bits per heavy atom. The predicted molar refractivity (Wildman–Crippen MR) is 74.0 cm³/mol. The van der Waals surface area contributed by atoms with Crippen LogP contribution in [0.5, 0.6) is 0 Å². The van der Waals surface area contributed by atoms with Crippen LogP contribution in [0, 0.1) is 17.8 Å². The highest BCUT2D eigenvalue weighted by atomic mass is 32.2. The molecule has 84 valence electrons. The van der Waals surface area contributed by atoms with Crippen LogP contribution in [0.1, 0.15) is 39.0 Å². The van der Waals surface area contributed by atoms with Gasteiger partial charge in [0.2, 0.25) is 0 Å².